The molecule has 0 bridgehead atoms. The van der Waals surface area contributed by atoms with Gasteiger partial charge in [-0.15, -0.1) is 0 Å². The molecule has 1 saturated carbocycles. The number of benzene rings is 1. The monoisotopic (exact) mass is 301 g/mol. The number of para-hydroxylation sites is 1. The van der Waals surface area contributed by atoms with Gasteiger partial charge in [0.15, 0.2) is 0 Å². The van der Waals surface area contributed by atoms with Crippen LogP contribution in [0.1, 0.15) is 31.2 Å². The second-order valence-corrected chi connectivity index (χ2v) is 5.97. The Kier molecular flexibility index (Phi) is 3.60. The van der Waals surface area contributed by atoms with Gasteiger partial charge in [0, 0.05) is 5.69 Å². The molecule has 1 aromatic carbocycles. The molecule has 1 aromatic rings. The molecule has 22 heavy (non-hydrogen) atoms. The molecule has 2 N–H and O–H groups in total. The van der Waals surface area contributed by atoms with Crippen LogP contribution >= 0.6 is 0 Å². The molecule has 4 amide bonds. The zero-order valence-electron chi connectivity index (χ0n) is 12.5. The fraction of sp³-hybridized carbons (Fsp3) is 0.438. The molecule has 1 aliphatic heterocycles. The minimum atomic E-state index is -0.764. The molecule has 6 nitrogen and oxygen atoms in total. The van der Waals surface area contributed by atoms with E-state index in [1.807, 2.05) is 25.1 Å². The van der Waals surface area contributed by atoms with Crippen LogP contribution in [-0.2, 0) is 9.59 Å². The average Bonchev–Trinajstić information content (AvgIpc) is 3.03. The van der Waals surface area contributed by atoms with E-state index in [0.29, 0.717) is 18.5 Å². The van der Waals surface area contributed by atoms with Gasteiger partial charge in [-0.25, -0.2) is 4.79 Å². The molecular formula is C16H19N3O3. The first-order valence-electron chi connectivity index (χ1n) is 7.51. The molecule has 1 heterocycles. The van der Waals surface area contributed by atoms with Crippen molar-refractivity contribution in [3.8, 4) is 0 Å². The number of amides is 4. The Labute approximate surface area is 128 Å². The summed E-state index contributed by atoms with van der Waals surface area (Å²) >= 11 is 0. The summed E-state index contributed by atoms with van der Waals surface area (Å²) in [6.45, 7) is 1.64. The predicted octanol–water partition coefficient (Wildman–Crippen LogP) is 1.80. The molecule has 0 atom stereocenters. The molecule has 2 aliphatic rings. The highest BCUT2D eigenvalue weighted by molar-refractivity contribution is 6.10. The van der Waals surface area contributed by atoms with E-state index in [4.69, 9.17) is 0 Å². The highest BCUT2D eigenvalue weighted by atomic mass is 16.2. The van der Waals surface area contributed by atoms with Gasteiger partial charge in [0.2, 0.25) is 5.91 Å². The van der Waals surface area contributed by atoms with Crippen LogP contribution in [-0.4, -0.2) is 34.8 Å². The number of aryl methyl sites for hydroxylation is 1. The van der Waals surface area contributed by atoms with E-state index in [0.717, 1.165) is 23.3 Å². The molecule has 2 fully saturated rings. The van der Waals surface area contributed by atoms with Gasteiger partial charge >= 0.3 is 6.03 Å². The zero-order chi connectivity index (χ0) is 15.7. The van der Waals surface area contributed by atoms with E-state index < -0.39 is 11.6 Å². The van der Waals surface area contributed by atoms with E-state index in [-0.39, 0.29) is 18.4 Å². The first-order valence-corrected chi connectivity index (χ1v) is 7.51. The van der Waals surface area contributed by atoms with Crippen LogP contribution in [0.2, 0.25) is 0 Å². The smallest absolute Gasteiger partial charge is 0.324 e. The van der Waals surface area contributed by atoms with Crippen molar-refractivity contribution in [1.82, 2.24) is 10.2 Å². The molecule has 1 aliphatic carbocycles. The summed E-state index contributed by atoms with van der Waals surface area (Å²) in [6.07, 6.45) is 3.17. The molecule has 0 aromatic heterocycles. The van der Waals surface area contributed by atoms with Gasteiger partial charge in [0.05, 0.1) is 0 Å². The zero-order valence-corrected chi connectivity index (χ0v) is 12.5. The minimum absolute atomic E-state index is 0.249. The largest absolute Gasteiger partial charge is 0.325 e. The van der Waals surface area contributed by atoms with Crippen molar-refractivity contribution in [2.75, 3.05) is 11.9 Å². The summed E-state index contributed by atoms with van der Waals surface area (Å²) in [4.78, 5) is 37.6. The van der Waals surface area contributed by atoms with Crippen molar-refractivity contribution in [3.05, 3.63) is 29.8 Å². The number of anilines is 1. The number of carbonyl (C=O) groups is 3. The maximum absolute atomic E-state index is 12.5. The van der Waals surface area contributed by atoms with Crippen LogP contribution in [0.25, 0.3) is 0 Å². The number of hydrogen-bond donors (Lipinski definition) is 2. The molecule has 3 rings (SSSR count). The highest BCUT2D eigenvalue weighted by Crippen LogP contribution is 2.34. The van der Waals surface area contributed by atoms with Crippen LogP contribution in [0.4, 0.5) is 10.5 Å². The molecule has 116 valence electrons. The fourth-order valence-corrected chi connectivity index (χ4v) is 3.18. The van der Waals surface area contributed by atoms with Crippen LogP contribution in [0, 0.1) is 6.92 Å². The summed E-state index contributed by atoms with van der Waals surface area (Å²) in [5, 5.41) is 5.51. The molecule has 1 spiro atoms. The van der Waals surface area contributed by atoms with E-state index >= 15 is 0 Å². The summed E-state index contributed by atoms with van der Waals surface area (Å²) < 4.78 is 0. The lowest BCUT2D eigenvalue weighted by molar-refractivity contribution is -0.133. The Hall–Kier alpha value is -2.37. The van der Waals surface area contributed by atoms with Crippen molar-refractivity contribution < 1.29 is 14.4 Å². The Balaban J connectivity index is 1.68. The first kappa shape index (κ1) is 14.6. The lowest BCUT2D eigenvalue weighted by Crippen LogP contribution is -2.44. The van der Waals surface area contributed by atoms with E-state index in [1.54, 1.807) is 6.07 Å². The summed E-state index contributed by atoms with van der Waals surface area (Å²) in [5.74, 6) is -0.636. The van der Waals surface area contributed by atoms with Crippen molar-refractivity contribution in [1.29, 1.82) is 0 Å². The molecular weight excluding hydrogens is 282 g/mol. The minimum Gasteiger partial charge on any atom is -0.324 e. The lowest BCUT2D eigenvalue weighted by Gasteiger charge is -2.19. The second kappa shape index (κ2) is 5.44. The van der Waals surface area contributed by atoms with Gasteiger partial charge in [-0.2, -0.15) is 0 Å². The molecule has 6 heteroatoms. The topological polar surface area (TPSA) is 78.5 Å². The molecule has 0 radical (unpaired) electrons. The van der Waals surface area contributed by atoms with Gasteiger partial charge in [-0.1, -0.05) is 31.0 Å². The van der Waals surface area contributed by atoms with Crippen LogP contribution in [0.15, 0.2) is 24.3 Å². The van der Waals surface area contributed by atoms with Gasteiger partial charge in [-0.05, 0) is 31.4 Å². The Morgan fingerprint density at radius 1 is 1.27 bits per heavy atom. The molecule has 1 saturated heterocycles. The number of hydrogen-bond acceptors (Lipinski definition) is 3. The van der Waals surface area contributed by atoms with Gasteiger partial charge in [0.25, 0.3) is 5.91 Å². The Morgan fingerprint density at radius 2 is 1.95 bits per heavy atom. The van der Waals surface area contributed by atoms with Crippen molar-refractivity contribution in [2.24, 2.45) is 0 Å². The average molecular weight is 301 g/mol. The van der Waals surface area contributed by atoms with Crippen molar-refractivity contribution in [2.45, 2.75) is 38.1 Å². The lowest BCUT2D eigenvalue weighted by atomic mass is 9.98. The van der Waals surface area contributed by atoms with E-state index in [1.165, 1.54) is 0 Å². The summed E-state index contributed by atoms with van der Waals surface area (Å²) in [6, 6.07) is 6.91. The van der Waals surface area contributed by atoms with Crippen molar-refractivity contribution >= 4 is 23.5 Å². The van der Waals surface area contributed by atoms with E-state index in [2.05, 4.69) is 10.6 Å². The van der Waals surface area contributed by atoms with Crippen LogP contribution in [0.5, 0.6) is 0 Å². The number of urea groups is 1. The third-order valence-electron chi connectivity index (χ3n) is 4.42. The second-order valence-electron chi connectivity index (χ2n) is 5.97. The maximum atomic E-state index is 12.5. The molecule has 0 unspecified atom stereocenters. The maximum Gasteiger partial charge on any atom is 0.325 e. The highest BCUT2D eigenvalue weighted by Gasteiger charge is 2.52. The predicted molar refractivity (Wildman–Crippen MR) is 81.3 cm³/mol. The Morgan fingerprint density at radius 3 is 2.64 bits per heavy atom. The van der Waals surface area contributed by atoms with Gasteiger partial charge in [0.1, 0.15) is 12.1 Å². The van der Waals surface area contributed by atoms with E-state index in [9.17, 15) is 14.4 Å². The summed E-state index contributed by atoms with van der Waals surface area (Å²) in [5.41, 5.74) is 0.857. The standard InChI is InChI=1S/C16H19N3O3/c1-11-6-2-3-7-12(11)17-13(20)10-19-14(21)16(18-15(19)22)8-4-5-9-16/h2-3,6-7H,4-5,8-10H2,1H3,(H,17,20)(H,18,22). The third kappa shape index (κ3) is 2.45. The quantitative estimate of drug-likeness (QED) is 0.836. The first-order chi connectivity index (χ1) is 10.5. The summed E-state index contributed by atoms with van der Waals surface area (Å²) in [7, 11) is 0. The SMILES string of the molecule is Cc1ccccc1NC(=O)CN1C(=O)NC2(CCCC2)C1=O. The normalized spacial score (nSPS) is 19.6. The van der Waals surface area contributed by atoms with Gasteiger partial charge in [-0.3, -0.25) is 14.5 Å². The third-order valence-corrected chi connectivity index (χ3v) is 4.42. The van der Waals surface area contributed by atoms with Crippen molar-refractivity contribution in [3.63, 3.8) is 0 Å². The van der Waals surface area contributed by atoms with Crippen LogP contribution in [0.3, 0.4) is 0 Å². The van der Waals surface area contributed by atoms with Crippen LogP contribution < -0.4 is 10.6 Å². The fourth-order valence-electron chi connectivity index (χ4n) is 3.18. The number of nitrogens with one attached hydrogen (secondary N) is 2. The number of carbonyl (C=O) groups excluding carboxylic acids is 3. The number of imide groups is 1. The number of nitrogens with zero attached hydrogens (tertiary/aromatic N) is 1. The Bertz CT molecular complexity index is 635. The van der Waals surface area contributed by atoms with Gasteiger partial charge < -0.3 is 10.6 Å². The number of rotatable bonds is 3.